The SMILES string of the molecule is Cn1nc(N)nc1N1CC(CS(=O)(=O)F)CC1=O. The summed E-state index contributed by atoms with van der Waals surface area (Å²) in [4.78, 5) is 16.8. The molecule has 100 valence electrons. The van der Waals surface area contributed by atoms with Gasteiger partial charge in [0.1, 0.15) is 0 Å². The normalized spacial score (nSPS) is 20.7. The topological polar surface area (TPSA) is 111 Å². The second kappa shape index (κ2) is 4.19. The number of nitrogen functional groups attached to an aromatic ring is 1. The number of carbonyl (C=O) groups is 1. The van der Waals surface area contributed by atoms with Gasteiger partial charge in [0.25, 0.3) is 0 Å². The number of aromatic nitrogens is 3. The van der Waals surface area contributed by atoms with Gasteiger partial charge in [-0.1, -0.05) is 0 Å². The van der Waals surface area contributed by atoms with Crippen LogP contribution in [0.1, 0.15) is 6.42 Å². The quantitative estimate of drug-likeness (QED) is 0.713. The highest BCUT2D eigenvalue weighted by Crippen LogP contribution is 2.24. The zero-order valence-electron chi connectivity index (χ0n) is 9.58. The Bertz CT molecular complexity index is 584. The van der Waals surface area contributed by atoms with Crippen LogP contribution in [-0.4, -0.2) is 41.4 Å². The summed E-state index contributed by atoms with van der Waals surface area (Å²) in [6, 6.07) is 0. The van der Waals surface area contributed by atoms with Gasteiger partial charge < -0.3 is 5.73 Å². The molecule has 0 aromatic carbocycles. The molecular weight excluding hydrogens is 265 g/mol. The van der Waals surface area contributed by atoms with Crippen molar-refractivity contribution in [3.8, 4) is 0 Å². The molecule has 0 aliphatic carbocycles. The molecule has 2 heterocycles. The van der Waals surface area contributed by atoms with Gasteiger partial charge in [0.2, 0.25) is 17.8 Å². The molecule has 8 nitrogen and oxygen atoms in total. The molecule has 2 rings (SSSR count). The van der Waals surface area contributed by atoms with Gasteiger partial charge in [-0.3, -0.25) is 9.69 Å². The van der Waals surface area contributed by atoms with E-state index in [0.29, 0.717) is 0 Å². The monoisotopic (exact) mass is 277 g/mol. The van der Waals surface area contributed by atoms with Crippen LogP contribution in [0, 0.1) is 5.92 Å². The predicted octanol–water partition coefficient (Wildman–Crippen LogP) is -0.950. The second-order valence-electron chi connectivity index (χ2n) is 4.17. The number of hydrogen-bond acceptors (Lipinski definition) is 6. The number of anilines is 2. The van der Waals surface area contributed by atoms with Gasteiger partial charge >= 0.3 is 10.2 Å². The largest absolute Gasteiger partial charge is 0.366 e. The van der Waals surface area contributed by atoms with Crippen LogP contribution in [-0.2, 0) is 22.1 Å². The Morgan fingerprint density at radius 1 is 1.56 bits per heavy atom. The maximum absolute atomic E-state index is 12.6. The first-order valence-corrected chi connectivity index (χ1v) is 6.71. The Morgan fingerprint density at radius 3 is 2.72 bits per heavy atom. The van der Waals surface area contributed by atoms with E-state index in [9.17, 15) is 17.1 Å². The number of amides is 1. The van der Waals surface area contributed by atoms with E-state index in [2.05, 4.69) is 10.1 Å². The molecule has 0 radical (unpaired) electrons. The lowest BCUT2D eigenvalue weighted by molar-refractivity contribution is -0.117. The molecule has 1 atom stereocenters. The van der Waals surface area contributed by atoms with E-state index in [1.165, 1.54) is 9.58 Å². The standard InChI is InChI=1S/C8H12FN5O3S/c1-13-8(11-7(10)12-13)14-3-5(2-6(14)15)4-18(9,16)17/h5H,2-4H2,1H3,(H2,10,12). The fourth-order valence-electron chi connectivity index (χ4n) is 2.00. The van der Waals surface area contributed by atoms with Gasteiger partial charge in [-0.15, -0.1) is 8.98 Å². The fraction of sp³-hybridized carbons (Fsp3) is 0.625. The van der Waals surface area contributed by atoms with Crippen LogP contribution in [0.25, 0.3) is 0 Å². The maximum atomic E-state index is 12.6. The summed E-state index contributed by atoms with van der Waals surface area (Å²) >= 11 is 0. The molecule has 10 heteroatoms. The van der Waals surface area contributed by atoms with Crippen molar-refractivity contribution < 1.29 is 17.1 Å². The average Bonchev–Trinajstić information content (AvgIpc) is 2.67. The summed E-state index contributed by atoms with van der Waals surface area (Å²) < 4.78 is 35.0. The first kappa shape index (κ1) is 12.7. The van der Waals surface area contributed by atoms with Crippen LogP contribution in [0.2, 0.25) is 0 Å². The number of hydrogen-bond donors (Lipinski definition) is 1. The zero-order chi connectivity index (χ0) is 13.5. The average molecular weight is 277 g/mol. The number of nitrogens with two attached hydrogens (primary N) is 1. The Kier molecular flexibility index (Phi) is 2.97. The molecule has 0 saturated carbocycles. The van der Waals surface area contributed by atoms with Crippen LogP contribution in [0.4, 0.5) is 15.8 Å². The van der Waals surface area contributed by atoms with E-state index in [4.69, 9.17) is 5.73 Å². The number of aryl methyl sites for hydroxylation is 1. The summed E-state index contributed by atoms with van der Waals surface area (Å²) in [5.41, 5.74) is 5.39. The zero-order valence-corrected chi connectivity index (χ0v) is 10.4. The van der Waals surface area contributed by atoms with Gasteiger partial charge in [0.15, 0.2) is 0 Å². The first-order valence-electron chi connectivity index (χ1n) is 5.15. The predicted molar refractivity (Wildman–Crippen MR) is 60.8 cm³/mol. The molecule has 1 aromatic rings. The molecule has 1 aromatic heterocycles. The van der Waals surface area contributed by atoms with E-state index in [-0.39, 0.29) is 30.8 Å². The Morgan fingerprint density at radius 2 is 2.22 bits per heavy atom. The lowest BCUT2D eigenvalue weighted by atomic mass is 10.1. The van der Waals surface area contributed by atoms with Crippen LogP contribution in [0.15, 0.2) is 0 Å². The van der Waals surface area contributed by atoms with Crippen molar-refractivity contribution in [3.05, 3.63) is 0 Å². The van der Waals surface area contributed by atoms with Crippen LogP contribution in [0.3, 0.4) is 0 Å². The lowest BCUT2D eigenvalue weighted by Crippen LogP contribution is -2.28. The van der Waals surface area contributed by atoms with Crippen molar-refractivity contribution in [2.24, 2.45) is 13.0 Å². The van der Waals surface area contributed by atoms with Crippen molar-refractivity contribution in [1.82, 2.24) is 14.8 Å². The van der Waals surface area contributed by atoms with Crippen molar-refractivity contribution in [2.45, 2.75) is 6.42 Å². The first-order chi connectivity index (χ1) is 8.26. The molecule has 1 unspecified atom stereocenters. The van der Waals surface area contributed by atoms with Gasteiger partial charge in [-0.25, -0.2) is 4.68 Å². The third kappa shape index (κ3) is 2.58. The smallest absolute Gasteiger partial charge is 0.302 e. The van der Waals surface area contributed by atoms with Crippen LogP contribution >= 0.6 is 0 Å². The van der Waals surface area contributed by atoms with Crippen LogP contribution < -0.4 is 10.6 Å². The molecule has 2 N–H and O–H groups in total. The summed E-state index contributed by atoms with van der Waals surface area (Å²) in [5.74, 6) is -1.31. The summed E-state index contributed by atoms with van der Waals surface area (Å²) in [6.07, 6.45) is -0.0318. The Balaban J connectivity index is 2.17. The van der Waals surface area contributed by atoms with Crippen molar-refractivity contribution in [2.75, 3.05) is 22.9 Å². The fourth-order valence-corrected chi connectivity index (χ4v) is 2.79. The Labute approximate surface area is 103 Å². The molecule has 1 aliphatic rings. The minimum absolute atomic E-state index is 0.0156. The molecule has 1 aliphatic heterocycles. The number of rotatable bonds is 3. The van der Waals surface area contributed by atoms with Gasteiger partial charge in [-0.2, -0.15) is 13.4 Å². The summed E-state index contributed by atoms with van der Waals surface area (Å²) in [5, 5.41) is 3.79. The van der Waals surface area contributed by atoms with E-state index < -0.39 is 21.9 Å². The molecule has 1 amide bonds. The molecular formula is C8H12FN5O3S. The number of halogens is 1. The number of carbonyl (C=O) groups excluding carboxylic acids is 1. The van der Waals surface area contributed by atoms with E-state index in [1.807, 2.05) is 0 Å². The maximum Gasteiger partial charge on any atom is 0.302 e. The van der Waals surface area contributed by atoms with Gasteiger partial charge in [0, 0.05) is 25.9 Å². The molecule has 0 spiro atoms. The minimum Gasteiger partial charge on any atom is -0.366 e. The van der Waals surface area contributed by atoms with Gasteiger partial charge in [-0.05, 0) is 0 Å². The number of nitrogens with zero attached hydrogens (tertiary/aromatic N) is 4. The Hall–Kier alpha value is -1.71. The highest BCUT2D eigenvalue weighted by Gasteiger charge is 2.35. The van der Waals surface area contributed by atoms with E-state index in [1.54, 1.807) is 7.05 Å². The molecule has 18 heavy (non-hydrogen) atoms. The molecule has 0 bridgehead atoms. The van der Waals surface area contributed by atoms with E-state index in [0.717, 1.165) is 0 Å². The second-order valence-corrected chi connectivity index (χ2v) is 5.58. The summed E-state index contributed by atoms with van der Waals surface area (Å²) in [7, 11) is -3.03. The molecule has 1 saturated heterocycles. The lowest BCUT2D eigenvalue weighted by Gasteiger charge is -2.13. The van der Waals surface area contributed by atoms with E-state index >= 15 is 0 Å². The van der Waals surface area contributed by atoms with Crippen molar-refractivity contribution >= 4 is 28.0 Å². The van der Waals surface area contributed by atoms with Crippen molar-refractivity contribution in [1.29, 1.82) is 0 Å². The highest BCUT2D eigenvalue weighted by atomic mass is 32.3. The van der Waals surface area contributed by atoms with Crippen LogP contribution in [0.5, 0.6) is 0 Å². The molecule has 1 fully saturated rings. The third-order valence-corrected chi connectivity index (χ3v) is 3.51. The summed E-state index contributed by atoms with van der Waals surface area (Å²) in [6.45, 7) is 0.0912. The van der Waals surface area contributed by atoms with Gasteiger partial charge in [0.05, 0.1) is 5.75 Å². The highest BCUT2D eigenvalue weighted by molar-refractivity contribution is 7.86. The minimum atomic E-state index is -4.59. The van der Waals surface area contributed by atoms with Crippen molar-refractivity contribution in [3.63, 3.8) is 0 Å². The third-order valence-electron chi connectivity index (χ3n) is 2.64.